The van der Waals surface area contributed by atoms with Gasteiger partial charge in [0.1, 0.15) is 5.75 Å². The molecule has 0 saturated carbocycles. The van der Waals surface area contributed by atoms with Gasteiger partial charge in [0.2, 0.25) is 0 Å². The molecule has 1 N–H and O–H groups in total. The summed E-state index contributed by atoms with van der Waals surface area (Å²) >= 11 is 0. The topological polar surface area (TPSA) is 21.3 Å². The molecule has 0 spiro atoms. The third kappa shape index (κ3) is 4.10. The number of hydrogen-bond donors (Lipinski definition) is 1. The molecule has 0 saturated heterocycles. The van der Waals surface area contributed by atoms with Crippen molar-refractivity contribution in [3.63, 3.8) is 0 Å². The first-order valence-electron chi connectivity index (χ1n) is 7.13. The van der Waals surface area contributed by atoms with Gasteiger partial charge in [-0.25, -0.2) is 0 Å². The molecule has 2 aromatic rings. The van der Waals surface area contributed by atoms with Crippen LogP contribution in [0, 0.1) is 0 Å². The van der Waals surface area contributed by atoms with Crippen molar-refractivity contribution in [3.8, 4) is 5.75 Å². The van der Waals surface area contributed by atoms with Gasteiger partial charge in [0.05, 0.1) is 7.11 Å². The minimum absolute atomic E-state index is 0.365. The molecule has 0 aliphatic heterocycles. The van der Waals surface area contributed by atoms with Crippen LogP contribution in [0.15, 0.2) is 54.6 Å². The van der Waals surface area contributed by atoms with Crippen LogP contribution in [0.3, 0.4) is 0 Å². The fourth-order valence-electron chi connectivity index (χ4n) is 2.44. The number of benzene rings is 2. The monoisotopic (exact) mass is 269 g/mol. The van der Waals surface area contributed by atoms with Crippen molar-refractivity contribution >= 4 is 0 Å². The molecule has 0 amide bonds. The van der Waals surface area contributed by atoms with E-state index in [-0.39, 0.29) is 0 Å². The SMILES string of the molecule is COc1ccc(C[C@@H](C)N[C@H](C)c2ccccc2)cc1. The Morgan fingerprint density at radius 1 is 0.950 bits per heavy atom. The highest BCUT2D eigenvalue weighted by molar-refractivity contribution is 5.27. The summed E-state index contributed by atoms with van der Waals surface area (Å²) in [5.41, 5.74) is 2.65. The van der Waals surface area contributed by atoms with Gasteiger partial charge in [-0.15, -0.1) is 0 Å². The van der Waals surface area contributed by atoms with Crippen molar-refractivity contribution < 1.29 is 4.74 Å². The first-order valence-corrected chi connectivity index (χ1v) is 7.13. The molecule has 0 radical (unpaired) electrons. The van der Waals surface area contributed by atoms with Crippen LogP contribution >= 0.6 is 0 Å². The largest absolute Gasteiger partial charge is 0.497 e. The summed E-state index contributed by atoms with van der Waals surface area (Å²) < 4.78 is 5.18. The van der Waals surface area contributed by atoms with Gasteiger partial charge in [0.15, 0.2) is 0 Å². The summed E-state index contributed by atoms with van der Waals surface area (Å²) in [7, 11) is 1.70. The van der Waals surface area contributed by atoms with Gasteiger partial charge >= 0.3 is 0 Å². The van der Waals surface area contributed by atoms with Crippen molar-refractivity contribution in [2.75, 3.05) is 7.11 Å². The standard InChI is InChI=1S/C18H23NO/c1-14(13-16-9-11-18(20-3)12-10-16)19-15(2)17-7-5-4-6-8-17/h4-12,14-15,19H,13H2,1-3H3/t14-,15-/m1/s1. The van der Waals surface area contributed by atoms with E-state index in [2.05, 4.69) is 61.6 Å². The Morgan fingerprint density at radius 3 is 2.20 bits per heavy atom. The maximum atomic E-state index is 5.18. The average molecular weight is 269 g/mol. The Morgan fingerprint density at radius 2 is 1.60 bits per heavy atom. The maximum Gasteiger partial charge on any atom is 0.118 e. The van der Waals surface area contributed by atoms with Gasteiger partial charge < -0.3 is 10.1 Å². The summed E-state index contributed by atoms with van der Waals surface area (Å²) in [6.45, 7) is 4.43. The smallest absolute Gasteiger partial charge is 0.118 e. The highest BCUT2D eigenvalue weighted by Crippen LogP contribution is 2.15. The molecular formula is C18H23NO. The van der Waals surface area contributed by atoms with Crippen LogP contribution < -0.4 is 10.1 Å². The number of rotatable bonds is 6. The fraction of sp³-hybridized carbons (Fsp3) is 0.333. The van der Waals surface area contributed by atoms with E-state index >= 15 is 0 Å². The second-order valence-electron chi connectivity index (χ2n) is 5.25. The summed E-state index contributed by atoms with van der Waals surface area (Å²) in [4.78, 5) is 0. The van der Waals surface area contributed by atoms with Crippen LogP contribution in [0.1, 0.15) is 31.0 Å². The molecule has 0 aliphatic carbocycles. The van der Waals surface area contributed by atoms with E-state index in [1.807, 2.05) is 12.1 Å². The van der Waals surface area contributed by atoms with Crippen LogP contribution in [0.25, 0.3) is 0 Å². The summed E-state index contributed by atoms with van der Waals surface area (Å²) in [5, 5.41) is 3.64. The predicted molar refractivity (Wildman–Crippen MR) is 84.2 cm³/mol. The molecule has 0 bridgehead atoms. The van der Waals surface area contributed by atoms with Gasteiger partial charge in [0.25, 0.3) is 0 Å². The van der Waals surface area contributed by atoms with Crippen molar-refractivity contribution in [1.82, 2.24) is 5.32 Å². The Bertz CT molecular complexity index is 507. The van der Waals surface area contributed by atoms with Crippen molar-refractivity contribution in [2.24, 2.45) is 0 Å². The molecule has 2 atom stereocenters. The number of ether oxygens (including phenoxy) is 1. The molecular weight excluding hydrogens is 246 g/mol. The average Bonchev–Trinajstić information content (AvgIpc) is 2.49. The van der Waals surface area contributed by atoms with Crippen LogP contribution in [0.2, 0.25) is 0 Å². The van der Waals surface area contributed by atoms with Gasteiger partial charge in [0, 0.05) is 12.1 Å². The second kappa shape index (κ2) is 7.11. The van der Waals surface area contributed by atoms with E-state index in [1.165, 1.54) is 11.1 Å². The first-order chi connectivity index (χ1) is 9.69. The zero-order chi connectivity index (χ0) is 14.4. The predicted octanol–water partition coefficient (Wildman–Crippen LogP) is 3.98. The van der Waals surface area contributed by atoms with Crippen molar-refractivity contribution in [2.45, 2.75) is 32.4 Å². The lowest BCUT2D eigenvalue weighted by Crippen LogP contribution is -2.30. The first kappa shape index (κ1) is 14.6. The summed E-state index contributed by atoms with van der Waals surface area (Å²) in [5.74, 6) is 0.909. The number of hydrogen-bond acceptors (Lipinski definition) is 2. The van der Waals surface area contributed by atoms with Crippen molar-refractivity contribution in [1.29, 1.82) is 0 Å². The van der Waals surface area contributed by atoms with E-state index in [0.29, 0.717) is 12.1 Å². The van der Waals surface area contributed by atoms with Gasteiger partial charge in [-0.3, -0.25) is 0 Å². The minimum Gasteiger partial charge on any atom is -0.497 e. The van der Waals surface area contributed by atoms with Gasteiger partial charge in [-0.05, 0) is 43.5 Å². The molecule has 0 heterocycles. The second-order valence-corrected chi connectivity index (χ2v) is 5.25. The Labute approximate surface area is 121 Å². The molecule has 2 nitrogen and oxygen atoms in total. The molecule has 2 aromatic carbocycles. The molecule has 0 aromatic heterocycles. The zero-order valence-electron chi connectivity index (χ0n) is 12.5. The van der Waals surface area contributed by atoms with E-state index in [4.69, 9.17) is 4.74 Å². The lowest BCUT2D eigenvalue weighted by atomic mass is 10.0. The Balaban J connectivity index is 1.90. The summed E-state index contributed by atoms with van der Waals surface area (Å²) in [6.07, 6.45) is 1.02. The van der Waals surface area contributed by atoms with Crippen LogP contribution in [-0.4, -0.2) is 13.2 Å². The third-order valence-electron chi connectivity index (χ3n) is 3.54. The minimum atomic E-state index is 0.365. The highest BCUT2D eigenvalue weighted by atomic mass is 16.5. The van der Waals surface area contributed by atoms with E-state index < -0.39 is 0 Å². The molecule has 20 heavy (non-hydrogen) atoms. The van der Waals surface area contributed by atoms with Crippen LogP contribution in [0.4, 0.5) is 0 Å². The zero-order valence-corrected chi connectivity index (χ0v) is 12.5. The van der Waals surface area contributed by atoms with Crippen molar-refractivity contribution in [3.05, 3.63) is 65.7 Å². The molecule has 106 valence electrons. The molecule has 2 rings (SSSR count). The normalized spacial score (nSPS) is 13.8. The van der Waals surface area contributed by atoms with Crippen LogP contribution in [0.5, 0.6) is 5.75 Å². The lowest BCUT2D eigenvalue weighted by molar-refractivity contribution is 0.414. The third-order valence-corrected chi connectivity index (χ3v) is 3.54. The van der Waals surface area contributed by atoms with E-state index in [1.54, 1.807) is 7.11 Å². The lowest BCUT2D eigenvalue weighted by Gasteiger charge is -2.20. The Kier molecular flexibility index (Phi) is 5.19. The summed E-state index contributed by atoms with van der Waals surface area (Å²) in [6, 6.07) is 19.6. The maximum absolute atomic E-state index is 5.18. The molecule has 0 fully saturated rings. The van der Waals surface area contributed by atoms with E-state index in [0.717, 1.165) is 12.2 Å². The van der Waals surface area contributed by atoms with E-state index in [9.17, 15) is 0 Å². The molecule has 2 heteroatoms. The van der Waals surface area contributed by atoms with Gasteiger partial charge in [-0.2, -0.15) is 0 Å². The van der Waals surface area contributed by atoms with Crippen LogP contribution in [-0.2, 0) is 6.42 Å². The molecule has 0 aliphatic rings. The quantitative estimate of drug-likeness (QED) is 0.856. The molecule has 0 unspecified atom stereocenters. The number of methoxy groups -OCH3 is 1. The highest BCUT2D eigenvalue weighted by Gasteiger charge is 2.09. The Hall–Kier alpha value is -1.80. The number of nitrogens with one attached hydrogen (secondary N) is 1. The van der Waals surface area contributed by atoms with Gasteiger partial charge in [-0.1, -0.05) is 42.5 Å². The fourth-order valence-corrected chi connectivity index (χ4v) is 2.44.